The van der Waals surface area contributed by atoms with Gasteiger partial charge in [0, 0.05) is 17.3 Å². The number of aromatic nitrogens is 3. The molecular formula is C18H15ClN4OS. The summed E-state index contributed by atoms with van der Waals surface area (Å²) < 4.78 is 7.15. The molecule has 4 aromatic rings. The van der Waals surface area contributed by atoms with Gasteiger partial charge in [0.05, 0.1) is 23.5 Å². The Hall–Kier alpha value is -2.57. The first-order chi connectivity index (χ1) is 12.1. The fourth-order valence-electron chi connectivity index (χ4n) is 2.68. The van der Waals surface area contributed by atoms with Crippen molar-refractivity contribution in [2.24, 2.45) is 0 Å². The summed E-state index contributed by atoms with van der Waals surface area (Å²) in [5.74, 6) is 0.823. The van der Waals surface area contributed by atoms with E-state index in [2.05, 4.69) is 10.3 Å². The average Bonchev–Trinajstić information content (AvgIpc) is 3.18. The molecule has 7 heteroatoms. The maximum absolute atomic E-state index is 6.14. The van der Waals surface area contributed by atoms with Crippen molar-refractivity contribution in [3.63, 3.8) is 0 Å². The Balaban J connectivity index is 1.67. The second kappa shape index (κ2) is 6.38. The molecule has 4 rings (SSSR count). The minimum atomic E-state index is 0.665. The molecule has 1 N–H and O–H groups in total. The van der Waals surface area contributed by atoms with Gasteiger partial charge in [-0.3, -0.25) is 4.40 Å². The van der Waals surface area contributed by atoms with Crippen LogP contribution in [0.2, 0.25) is 5.02 Å². The lowest BCUT2D eigenvalue weighted by Crippen LogP contribution is -1.92. The Kier molecular flexibility index (Phi) is 4.07. The van der Waals surface area contributed by atoms with Gasteiger partial charge in [0.25, 0.3) is 0 Å². The van der Waals surface area contributed by atoms with Gasteiger partial charge >= 0.3 is 0 Å². The van der Waals surface area contributed by atoms with Crippen LogP contribution in [0, 0.1) is 6.92 Å². The third kappa shape index (κ3) is 3.06. The summed E-state index contributed by atoms with van der Waals surface area (Å²) in [5.41, 5.74) is 4.56. The van der Waals surface area contributed by atoms with Crippen LogP contribution in [0.25, 0.3) is 17.0 Å². The molecule has 3 heterocycles. The molecule has 5 nitrogen and oxygen atoms in total. The number of hydrogen-bond acceptors (Lipinski definition) is 5. The fourth-order valence-corrected chi connectivity index (χ4v) is 3.56. The number of rotatable bonds is 4. The third-order valence-corrected chi connectivity index (χ3v) is 4.83. The standard InChI is InChI=1S/C18H15ClN4OS/c1-11-17(23-9-12(19)3-8-16(23)20-11)15-10-25-18(22-15)21-13-4-6-14(24-2)7-5-13/h3-10H,1-2H3,(H,21,22). The van der Waals surface area contributed by atoms with Crippen LogP contribution >= 0.6 is 22.9 Å². The van der Waals surface area contributed by atoms with Crippen LogP contribution in [0.15, 0.2) is 48.0 Å². The van der Waals surface area contributed by atoms with E-state index in [0.717, 1.165) is 39.3 Å². The van der Waals surface area contributed by atoms with E-state index in [1.54, 1.807) is 18.4 Å². The smallest absolute Gasteiger partial charge is 0.187 e. The van der Waals surface area contributed by atoms with Crippen LogP contribution in [0.4, 0.5) is 10.8 Å². The van der Waals surface area contributed by atoms with Gasteiger partial charge in [0.2, 0.25) is 0 Å². The second-order valence-corrected chi connectivity index (χ2v) is 6.81. The van der Waals surface area contributed by atoms with Crippen molar-refractivity contribution < 1.29 is 4.74 Å². The predicted molar refractivity (Wildman–Crippen MR) is 102 cm³/mol. The first kappa shape index (κ1) is 15.9. The number of methoxy groups -OCH3 is 1. The van der Waals surface area contributed by atoms with Gasteiger partial charge in [-0.15, -0.1) is 11.3 Å². The monoisotopic (exact) mass is 370 g/mol. The number of imidazole rings is 1. The van der Waals surface area contributed by atoms with Crippen molar-refractivity contribution in [2.75, 3.05) is 12.4 Å². The summed E-state index contributed by atoms with van der Waals surface area (Å²) >= 11 is 7.68. The van der Waals surface area contributed by atoms with Gasteiger partial charge in [-0.25, -0.2) is 9.97 Å². The molecule has 0 saturated carbocycles. The topological polar surface area (TPSA) is 51.5 Å². The molecule has 0 unspecified atom stereocenters. The molecule has 0 fully saturated rings. The summed E-state index contributed by atoms with van der Waals surface area (Å²) in [7, 11) is 1.65. The highest BCUT2D eigenvalue weighted by Gasteiger charge is 2.14. The van der Waals surface area contributed by atoms with E-state index >= 15 is 0 Å². The normalized spacial score (nSPS) is 11.0. The van der Waals surface area contributed by atoms with E-state index < -0.39 is 0 Å². The van der Waals surface area contributed by atoms with E-state index in [4.69, 9.17) is 21.3 Å². The summed E-state index contributed by atoms with van der Waals surface area (Å²) in [4.78, 5) is 9.28. The van der Waals surface area contributed by atoms with Crippen LogP contribution in [0.1, 0.15) is 5.69 Å². The minimum absolute atomic E-state index is 0.665. The maximum atomic E-state index is 6.14. The number of aryl methyl sites for hydroxylation is 1. The zero-order chi connectivity index (χ0) is 17.4. The quantitative estimate of drug-likeness (QED) is 0.538. The summed E-state index contributed by atoms with van der Waals surface area (Å²) in [6, 6.07) is 11.5. The second-order valence-electron chi connectivity index (χ2n) is 5.51. The van der Waals surface area contributed by atoms with Crippen molar-refractivity contribution in [1.82, 2.24) is 14.4 Å². The molecule has 0 saturated heterocycles. The van der Waals surface area contributed by atoms with Gasteiger partial charge in [-0.2, -0.15) is 0 Å². The molecule has 126 valence electrons. The number of nitrogens with zero attached hydrogens (tertiary/aromatic N) is 3. The van der Waals surface area contributed by atoms with E-state index in [0.29, 0.717) is 5.02 Å². The lowest BCUT2D eigenvalue weighted by molar-refractivity contribution is 0.415. The SMILES string of the molecule is COc1ccc(Nc2nc(-c3c(C)nc4ccc(Cl)cn34)cs2)cc1. The van der Waals surface area contributed by atoms with Crippen LogP contribution in [0.3, 0.4) is 0 Å². The summed E-state index contributed by atoms with van der Waals surface area (Å²) in [6.07, 6.45) is 1.86. The molecular weight excluding hydrogens is 356 g/mol. The number of fused-ring (bicyclic) bond motifs is 1. The lowest BCUT2D eigenvalue weighted by atomic mass is 10.3. The highest BCUT2D eigenvalue weighted by atomic mass is 35.5. The zero-order valence-electron chi connectivity index (χ0n) is 13.7. The minimum Gasteiger partial charge on any atom is -0.497 e. The maximum Gasteiger partial charge on any atom is 0.187 e. The number of anilines is 2. The van der Waals surface area contributed by atoms with Crippen molar-refractivity contribution >= 4 is 39.4 Å². The van der Waals surface area contributed by atoms with E-state index in [9.17, 15) is 0 Å². The van der Waals surface area contributed by atoms with Crippen molar-refractivity contribution in [3.05, 3.63) is 58.7 Å². The predicted octanol–water partition coefficient (Wildman–Crippen LogP) is 5.17. The first-order valence-corrected chi connectivity index (χ1v) is 8.91. The largest absolute Gasteiger partial charge is 0.497 e. The Morgan fingerprint density at radius 3 is 2.68 bits per heavy atom. The molecule has 0 radical (unpaired) electrons. The third-order valence-electron chi connectivity index (χ3n) is 3.84. The number of halogens is 1. The average molecular weight is 371 g/mol. The number of benzene rings is 1. The van der Waals surface area contributed by atoms with Crippen LogP contribution in [-0.2, 0) is 0 Å². The molecule has 0 bridgehead atoms. The Morgan fingerprint density at radius 2 is 1.92 bits per heavy atom. The number of nitrogens with one attached hydrogen (secondary N) is 1. The molecule has 0 aliphatic rings. The van der Waals surface area contributed by atoms with Gasteiger partial charge in [0.1, 0.15) is 17.1 Å². The molecule has 25 heavy (non-hydrogen) atoms. The Morgan fingerprint density at radius 1 is 1.12 bits per heavy atom. The molecule has 0 amide bonds. The number of hydrogen-bond donors (Lipinski definition) is 1. The Bertz CT molecular complexity index is 1040. The van der Waals surface area contributed by atoms with Crippen molar-refractivity contribution in [3.8, 4) is 17.1 Å². The molecule has 0 aliphatic carbocycles. The molecule has 0 spiro atoms. The van der Waals surface area contributed by atoms with Crippen LogP contribution in [-0.4, -0.2) is 21.5 Å². The number of thiazole rings is 1. The first-order valence-electron chi connectivity index (χ1n) is 7.65. The van der Waals surface area contributed by atoms with Crippen molar-refractivity contribution in [2.45, 2.75) is 6.92 Å². The summed E-state index contributed by atoms with van der Waals surface area (Å²) in [6.45, 7) is 1.98. The van der Waals surface area contributed by atoms with E-state index in [1.165, 1.54) is 0 Å². The van der Waals surface area contributed by atoms with Gasteiger partial charge in [-0.05, 0) is 43.3 Å². The van der Waals surface area contributed by atoms with Gasteiger partial charge < -0.3 is 10.1 Å². The van der Waals surface area contributed by atoms with Crippen molar-refractivity contribution in [1.29, 1.82) is 0 Å². The zero-order valence-corrected chi connectivity index (χ0v) is 15.2. The fraction of sp³-hybridized carbons (Fsp3) is 0.111. The molecule has 1 aromatic carbocycles. The van der Waals surface area contributed by atoms with Gasteiger partial charge in [-0.1, -0.05) is 11.6 Å². The Labute approximate surface area is 153 Å². The molecule has 3 aromatic heterocycles. The summed E-state index contributed by atoms with van der Waals surface area (Å²) in [5, 5.41) is 6.81. The number of pyridine rings is 1. The molecule has 0 aliphatic heterocycles. The lowest BCUT2D eigenvalue weighted by Gasteiger charge is -2.04. The highest BCUT2D eigenvalue weighted by Crippen LogP contribution is 2.30. The van der Waals surface area contributed by atoms with E-state index in [1.807, 2.05) is 59.3 Å². The number of ether oxygens (including phenoxy) is 1. The van der Waals surface area contributed by atoms with Gasteiger partial charge in [0.15, 0.2) is 5.13 Å². The van der Waals surface area contributed by atoms with Crippen LogP contribution < -0.4 is 10.1 Å². The van der Waals surface area contributed by atoms with E-state index in [-0.39, 0.29) is 0 Å². The van der Waals surface area contributed by atoms with Crippen LogP contribution in [0.5, 0.6) is 5.75 Å². The molecule has 0 atom stereocenters. The highest BCUT2D eigenvalue weighted by molar-refractivity contribution is 7.14.